The number of hydrogen-bond donors (Lipinski definition) is 0. The minimum Gasteiger partial charge on any atom is -0.489 e. The lowest BCUT2D eigenvalue weighted by molar-refractivity contribution is 0.185. The van der Waals surface area contributed by atoms with E-state index in [0.29, 0.717) is 13.2 Å². The number of ether oxygens (including phenoxy) is 2. The van der Waals surface area contributed by atoms with E-state index in [0.717, 1.165) is 22.4 Å². The van der Waals surface area contributed by atoms with Gasteiger partial charge in [-0.25, -0.2) is 0 Å². The Labute approximate surface area is 125 Å². The molecule has 0 bridgehead atoms. The highest BCUT2D eigenvalue weighted by molar-refractivity contribution is 5.79. The van der Waals surface area contributed by atoms with Crippen molar-refractivity contribution in [3.8, 4) is 5.75 Å². The molecule has 109 valence electrons. The molecule has 21 heavy (non-hydrogen) atoms. The van der Waals surface area contributed by atoms with Crippen LogP contribution >= 0.6 is 0 Å². The SMILES string of the molecule is COCc1ccc(COc2ccc([C]=NOC)cc2)cc1. The highest BCUT2D eigenvalue weighted by Crippen LogP contribution is 2.14. The van der Waals surface area contributed by atoms with Gasteiger partial charge in [0.05, 0.1) is 6.61 Å². The molecular formula is C17H18NO3. The molecule has 0 N–H and O–H groups in total. The lowest BCUT2D eigenvalue weighted by atomic mass is 10.1. The van der Waals surface area contributed by atoms with Gasteiger partial charge in [-0.05, 0) is 35.4 Å². The van der Waals surface area contributed by atoms with E-state index < -0.39 is 0 Å². The molecule has 0 spiro atoms. The van der Waals surface area contributed by atoms with E-state index in [1.165, 1.54) is 7.11 Å². The van der Waals surface area contributed by atoms with Crippen LogP contribution in [0, 0.1) is 0 Å². The first-order chi connectivity index (χ1) is 10.3. The number of rotatable bonds is 7. The molecule has 0 aliphatic heterocycles. The molecule has 0 saturated carbocycles. The fraction of sp³-hybridized carbons (Fsp3) is 0.235. The van der Waals surface area contributed by atoms with Crippen molar-refractivity contribution in [2.45, 2.75) is 13.2 Å². The fourth-order valence-corrected chi connectivity index (χ4v) is 1.79. The van der Waals surface area contributed by atoms with Crippen LogP contribution in [-0.4, -0.2) is 20.4 Å². The average molecular weight is 284 g/mol. The molecule has 0 amide bonds. The van der Waals surface area contributed by atoms with Gasteiger partial charge in [0.25, 0.3) is 0 Å². The molecule has 0 aliphatic rings. The lowest BCUT2D eigenvalue weighted by Crippen LogP contribution is -1.96. The van der Waals surface area contributed by atoms with Gasteiger partial charge in [0.2, 0.25) is 0 Å². The summed E-state index contributed by atoms with van der Waals surface area (Å²) in [5, 5.41) is 3.59. The summed E-state index contributed by atoms with van der Waals surface area (Å²) in [5.74, 6) is 0.805. The maximum Gasteiger partial charge on any atom is 0.139 e. The summed E-state index contributed by atoms with van der Waals surface area (Å²) in [6.07, 6.45) is 2.75. The lowest BCUT2D eigenvalue weighted by Gasteiger charge is -2.07. The van der Waals surface area contributed by atoms with Crippen LogP contribution in [0.3, 0.4) is 0 Å². The van der Waals surface area contributed by atoms with Crippen LogP contribution in [0.1, 0.15) is 16.7 Å². The van der Waals surface area contributed by atoms with E-state index >= 15 is 0 Å². The molecule has 0 aromatic heterocycles. The number of hydrogen-bond acceptors (Lipinski definition) is 4. The van der Waals surface area contributed by atoms with Gasteiger partial charge in [0, 0.05) is 12.7 Å². The third kappa shape index (κ3) is 4.93. The van der Waals surface area contributed by atoms with Crippen molar-refractivity contribution in [3.05, 3.63) is 65.2 Å². The van der Waals surface area contributed by atoms with Gasteiger partial charge in [-0.15, -0.1) is 0 Å². The second-order valence-electron chi connectivity index (χ2n) is 4.45. The predicted octanol–water partition coefficient (Wildman–Crippen LogP) is 3.27. The van der Waals surface area contributed by atoms with E-state index in [1.54, 1.807) is 7.11 Å². The van der Waals surface area contributed by atoms with Gasteiger partial charge < -0.3 is 14.3 Å². The van der Waals surface area contributed by atoms with Gasteiger partial charge in [-0.1, -0.05) is 29.4 Å². The topological polar surface area (TPSA) is 40.0 Å². The van der Waals surface area contributed by atoms with Crippen LogP contribution in [0.15, 0.2) is 53.7 Å². The third-order valence-electron chi connectivity index (χ3n) is 2.86. The van der Waals surface area contributed by atoms with Gasteiger partial charge >= 0.3 is 0 Å². The molecule has 0 unspecified atom stereocenters. The zero-order valence-corrected chi connectivity index (χ0v) is 12.2. The molecule has 0 fully saturated rings. The summed E-state index contributed by atoms with van der Waals surface area (Å²) in [6.45, 7) is 1.16. The van der Waals surface area contributed by atoms with Crippen molar-refractivity contribution in [2.24, 2.45) is 5.16 Å². The van der Waals surface area contributed by atoms with E-state index in [9.17, 15) is 0 Å². The van der Waals surface area contributed by atoms with E-state index in [1.807, 2.05) is 48.5 Å². The highest BCUT2D eigenvalue weighted by atomic mass is 16.6. The van der Waals surface area contributed by atoms with Gasteiger partial charge in [0.15, 0.2) is 0 Å². The highest BCUT2D eigenvalue weighted by Gasteiger charge is 1.98. The molecule has 2 aromatic carbocycles. The number of nitrogens with zero attached hydrogens (tertiary/aromatic N) is 1. The van der Waals surface area contributed by atoms with Crippen molar-refractivity contribution in [2.75, 3.05) is 14.2 Å². The molecule has 0 heterocycles. The maximum atomic E-state index is 5.73. The first kappa shape index (κ1) is 15.1. The normalized spacial score (nSPS) is 10.8. The van der Waals surface area contributed by atoms with Crippen molar-refractivity contribution >= 4 is 6.21 Å². The maximum absolute atomic E-state index is 5.73. The van der Waals surface area contributed by atoms with Crippen LogP contribution in [0.5, 0.6) is 5.75 Å². The molecule has 4 heteroatoms. The van der Waals surface area contributed by atoms with Crippen molar-refractivity contribution in [1.29, 1.82) is 0 Å². The largest absolute Gasteiger partial charge is 0.489 e. The summed E-state index contributed by atoms with van der Waals surface area (Å²) in [5.41, 5.74) is 3.11. The van der Waals surface area contributed by atoms with Crippen LogP contribution < -0.4 is 4.74 Å². The van der Waals surface area contributed by atoms with Gasteiger partial charge in [-0.2, -0.15) is 0 Å². The first-order valence-corrected chi connectivity index (χ1v) is 6.60. The molecule has 1 radical (unpaired) electrons. The van der Waals surface area contributed by atoms with Crippen LogP contribution in [-0.2, 0) is 22.8 Å². The Morgan fingerprint density at radius 1 is 0.857 bits per heavy atom. The first-order valence-electron chi connectivity index (χ1n) is 6.60. The zero-order valence-electron chi connectivity index (χ0n) is 12.2. The second-order valence-corrected chi connectivity index (χ2v) is 4.45. The fourth-order valence-electron chi connectivity index (χ4n) is 1.79. The summed E-state index contributed by atoms with van der Waals surface area (Å²) in [4.78, 5) is 4.58. The second kappa shape index (κ2) is 8.07. The monoisotopic (exact) mass is 284 g/mol. The molecule has 4 nitrogen and oxygen atoms in total. The average Bonchev–Trinajstić information content (AvgIpc) is 2.53. The van der Waals surface area contributed by atoms with E-state index in [4.69, 9.17) is 9.47 Å². The minimum absolute atomic E-state index is 0.530. The summed E-state index contributed by atoms with van der Waals surface area (Å²) in [7, 11) is 3.18. The Hall–Kier alpha value is -2.33. The quantitative estimate of drug-likeness (QED) is 0.578. The Balaban J connectivity index is 1.88. The van der Waals surface area contributed by atoms with Gasteiger partial charge in [0.1, 0.15) is 25.7 Å². The molecule has 0 saturated heterocycles. The minimum atomic E-state index is 0.530. The third-order valence-corrected chi connectivity index (χ3v) is 2.86. The Morgan fingerprint density at radius 3 is 2.05 bits per heavy atom. The van der Waals surface area contributed by atoms with Crippen LogP contribution in [0.4, 0.5) is 0 Å². The van der Waals surface area contributed by atoms with E-state index in [-0.39, 0.29) is 0 Å². The van der Waals surface area contributed by atoms with Gasteiger partial charge in [-0.3, -0.25) is 0 Å². The Bertz CT molecular complexity index is 562. The summed E-state index contributed by atoms with van der Waals surface area (Å²) < 4.78 is 10.8. The van der Waals surface area contributed by atoms with Crippen molar-refractivity contribution < 1.29 is 14.3 Å². The zero-order chi connectivity index (χ0) is 14.9. The summed E-state index contributed by atoms with van der Waals surface area (Å²) in [6, 6.07) is 15.7. The van der Waals surface area contributed by atoms with Crippen molar-refractivity contribution in [3.63, 3.8) is 0 Å². The summed E-state index contributed by atoms with van der Waals surface area (Å²) >= 11 is 0. The molecule has 0 aliphatic carbocycles. The van der Waals surface area contributed by atoms with Crippen LogP contribution in [0.2, 0.25) is 0 Å². The number of benzene rings is 2. The predicted molar refractivity (Wildman–Crippen MR) is 81.5 cm³/mol. The standard InChI is InChI=1S/C17H18NO3/c1-19-12-15-3-5-16(6-4-15)13-21-17-9-7-14(8-10-17)11-18-20-2/h3-10H,12-13H2,1-2H3. The van der Waals surface area contributed by atoms with Crippen LogP contribution in [0.25, 0.3) is 0 Å². The molecule has 2 aromatic rings. The molecule has 0 atom stereocenters. The number of methoxy groups -OCH3 is 1. The molecular weight excluding hydrogens is 266 g/mol. The Morgan fingerprint density at radius 2 is 1.48 bits per heavy atom. The van der Waals surface area contributed by atoms with E-state index in [2.05, 4.69) is 16.2 Å². The molecule has 2 rings (SSSR count). The smallest absolute Gasteiger partial charge is 0.139 e. The van der Waals surface area contributed by atoms with Crippen molar-refractivity contribution in [1.82, 2.24) is 0 Å². The Kier molecular flexibility index (Phi) is 5.79.